The standard InChI is InChI=1S/C12H17N.3ClH.Ti/c1-8(2)10-6-5-7-11(9(3)4)12(10)13;;;;/h5-9H,1-4H3;3*1H;/q;;;;+3/p-3. The quantitative estimate of drug-likeness (QED) is 0.495. The summed E-state index contributed by atoms with van der Waals surface area (Å²) in [4.78, 5) is 0. The maximum atomic E-state index is 4.41. The third-order valence-electron chi connectivity index (χ3n) is 2.45. The van der Waals surface area contributed by atoms with E-state index in [0.29, 0.717) is 11.8 Å². The summed E-state index contributed by atoms with van der Waals surface area (Å²) < 4.78 is 4.41. The number of halogens is 3. The van der Waals surface area contributed by atoms with E-state index < -0.39 is 0 Å². The molecule has 0 saturated heterocycles. The first-order chi connectivity index (χ1) is 6.57. The van der Waals surface area contributed by atoms with Gasteiger partial charge < -0.3 is 37.2 Å². The molecule has 0 radical (unpaired) electrons. The maximum absolute atomic E-state index is 4.41. The van der Waals surface area contributed by atoms with Gasteiger partial charge in [-0.05, 0) is 0 Å². The van der Waals surface area contributed by atoms with Crippen molar-refractivity contribution in [1.29, 1.82) is 0 Å². The van der Waals surface area contributed by atoms with Crippen molar-refractivity contribution < 1.29 is 57.5 Å². The molecule has 0 aliphatic carbocycles. The molecular weight excluding hydrogens is 312 g/mol. The van der Waals surface area contributed by atoms with Crippen LogP contribution >= 0.6 is 0 Å². The van der Waals surface area contributed by atoms with Crippen LogP contribution in [0.1, 0.15) is 50.7 Å². The Hall–Kier alpha value is 0.604. The van der Waals surface area contributed by atoms with E-state index in [9.17, 15) is 0 Å². The van der Waals surface area contributed by atoms with Crippen molar-refractivity contribution in [3.8, 4) is 0 Å². The zero-order valence-electron chi connectivity index (χ0n) is 10.5. The molecule has 95 valence electrons. The Labute approximate surface area is 135 Å². The van der Waals surface area contributed by atoms with Crippen molar-refractivity contribution in [2.45, 2.75) is 39.5 Å². The molecule has 0 unspecified atom stereocenters. The normalized spacial score (nSPS) is 9.18. The fourth-order valence-corrected chi connectivity index (χ4v) is 2.04. The van der Waals surface area contributed by atoms with Crippen LogP contribution in [0.3, 0.4) is 0 Å². The van der Waals surface area contributed by atoms with Crippen LogP contribution in [0.15, 0.2) is 21.6 Å². The van der Waals surface area contributed by atoms with E-state index in [4.69, 9.17) is 0 Å². The molecule has 1 aromatic carbocycles. The molecule has 0 spiro atoms. The maximum Gasteiger partial charge on any atom is -1.00 e. The Balaban J connectivity index is -0.000000653. The van der Waals surface area contributed by atoms with E-state index in [2.05, 4.69) is 49.3 Å². The zero-order chi connectivity index (χ0) is 10.7. The molecule has 1 rings (SSSR count). The van der Waals surface area contributed by atoms with Crippen LogP contribution in [-0.2, 0) is 20.3 Å². The minimum absolute atomic E-state index is 0. The molecule has 0 atom stereocenters. The van der Waals surface area contributed by atoms with Gasteiger partial charge in [0, 0.05) is 0 Å². The summed E-state index contributed by atoms with van der Waals surface area (Å²) >= 11 is 1.88. The Bertz CT molecular complexity index is 314. The topological polar surface area (TPSA) is 12.4 Å². The minimum Gasteiger partial charge on any atom is -1.00 e. The SMILES string of the molecule is CC(C)c1cccc(C(C)C)c1[N]=[Ti+3].[Cl-].[Cl-].[Cl-]. The van der Waals surface area contributed by atoms with Gasteiger partial charge >= 0.3 is 98.2 Å². The summed E-state index contributed by atoms with van der Waals surface area (Å²) in [6, 6.07) is 6.50. The second-order valence-corrected chi connectivity index (χ2v) is 4.56. The van der Waals surface area contributed by atoms with E-state index in [1.807, 2.05) is 20.3 Å². The first kappa shape index (κ1) is 22.8. The average molecular weight is 330 g/mol. The Morgan fingerprint density at radius 1 is 0.882 bits per heavy atom. The van der Waals surface area contributed by atoms with Gasteiger partial charge in [-0.3, -0.25) is 0 Å². The summed E-state index contributed by atoms with van der Waals surface area (Å²) in [5, 5.41) is 0. The van der Waals surface area contributed by atoms with Gasteiger partial charge in [-0.2, -0.15) is 0 Å². The summed E-state index contributed by atoms with van der Waals surface area (Å²) in [6.45, 7) is 8.87. The van der Waals surface area contributed by atoms with Gasteiger partial charge in [0.2, 0.25) is 0 Å². The van der Waals surface area contributed by atoms with Gasteiger partial charge in [0.25, 0.3) is 0 Å². The molecule has 0 saturated carbocycles. The number of rotatable bonds is 3. The molecule has 0 aromatic heterocycles. The fraction of sp³-hybridized carbons (Fsp3) is 0.500. The monoisotopic (exact) mass is 328 g/mol. The number of benzene rings is 1. The van der Waals surface area contributed by atoms with Crippen molar-refractivity contribution in [2.75, 3.05) is 0 Å². The molecule has 0 bridgehead atoms. The van der Waals surface area contributed by atoms with Crippen LogP contribution in [-0.4, -0.2) is 0 Å². The van der Waals surface area contributed by atoms with Gasteiger partial charge in [0.1, 0.15) is 0 Å². The van der Waals surface area contributed by atoms with Crippen LogP contribution in [0.5, 0.6) is 0 Å². The third kappa shape index (κ3) is 5.85. The van der Waals surface area contributed by atoms with E-state index in [1.165, 1.54) is 16.8 Å². The van der Waals surface area contributed by atoms with Gasteiger partial charge in [-0.15, -0.1) is 0 Å². The summed E-state index contributed by atoms with van der Waals surface area (Å²) in [7, 11) is 0. The molecule has 17 heavy (non-hydrogen) atoms. The van der Waals surface area contributed by atoms with Crippen LogP contribution in [0.4, 0.5) is 5.69 Å². The van der Waals surface area contributed by atoms with Gasteiger partial charge in [0.15, 0.2) is 0 Å². The first-order valence-corrected chi connectivity index (χ1v) is 5.78. The fourth-order valence-electron chi connectivity index (χ4n) is 1.64. The van der Waals surface area contributed by atoms with Gasteiger partial charge in [-0.25, -0.2) is 0 Å². The molecule has 0 fully saturated rings. The minimum atomic E-state index is 0. The van der Waals surface area contributed by atoms with Crippen LogP contribution in [0, 0.1) is 0 Å². The molecule has 0 N–H and O–H groups in total. The first-order valence-electron chi connectivity index (χ1n) is 5.08. The molecule has 1 nitrogen and oxygen atoms in total. The average Bonchev–Trinajstić information content (AvgIpc) is 2.16. The van der Waals surface area contributed by atoms with E-state index in [-0.39, 0.29) is 37.2 Å². The molecule has 0 heterocycles. The second-order valence-electron chi connectivity index (χ2n) is 4.21. The molecule has 5 heteroatoms. The second kappa shape index (κ2) is 10.5. The zero-order valence-corrected chi connectivity index (χ0v) is 14.3. The Morgan fingerprint density at radius 3 is 1.47 bits per heavy atom. The molecule has 0 aliphatic heterocycles. The number of hydrogen-bond donors (Lipinski definition) is 0. The molecule has 0 aliphatic rings. The van der Waals surface area contributed by atoms with Crippen LogP contribution in [0.2, 0.25) is 0 Å². The molecule has 1 aromatic rings. The third-order valence-corrected chi connectivity index (χ3v) is 2.80. The predicted molar refractivity (Wildman–Crippen MR) is 56.7 cm³/mol. The summed E-state index contributed by atoms with van der Waals surface area (Å²) in [5.41, 5.74) is 3.91. The summed E-state index contributed by atoms with van der Waals surface area (Å²) in [5.74, 6) is 1.10. The molecule has 0 amide bonds. The van der Waals surface area contributed by atoms with E-state index in [0.717, 1.165) is 0 Å². The Kier molecular flexibility index (Phi) is 14.1. The summed E-state index contributed by atoms with van der Waals surface area (Å²) in [6.07, 6.45) is 0. The van der Waals surface area contributed by atoms with E-state index in [1.54, 1.807) is 0 Å². The van der Waals surface area contributed by atoms with Gasteiger partial charge in [-0.1, -0.05) is 0 Å². The largest absolute Gasteiger partial charge is 1.00 e. The Morgan fingerprint density at radius 2 is 1.24 bits per heavy atom. The number of nitrogens with zero attached hydrogens (tertiary/aromatic N) is 1. The van der Waals surface area contributed by atoms with Crippen molar-refractivity contribution in [3.05, 3.63) is 29.3 Å². The predicted octanol–water partition coefficient (Wildman–Crippen LogP) is -4.69. The molecular formula is C12H17Cl3NTi. The van der Waals surface area contributed by atoms with Crippen LogP contribution in [0.25, 0.3) is 0 Å². The van der Waals surface area contributed by atoms with Crippen molar-refractivity contribution in [1.82, 2.24) is 0 Å². The van der Waals surface area contributed by atoms with E-state index >= 15 is 0 Å². The van der Waals surface area contributed by atoms with Crippen LogP contribution < -0.4 is 37.2 Å². The van der Waals surface area contributed by atoms with Crippen molar-refractivity contribution in [3.63, 3.8) is 0 Å². The smallest absolute Gasteiger partial charge is 1.00 e. The number of hydrogen-bond acceptors (Lipinski definition) is 1. The van der Waals surface area contributed by atoms with Crippen molar-refractivity contribution in [2.24, 2.45) is 3.42 Å². The van der Waals surface area contributed by atoms with Gasteiger partial charge in [0.05, 0.1) is 0 Å². The van der Waals surface area contributed by atoms with Crippen molar-refractivity contribution >= 4 is 5.69 Å².